The van der Waals surface area contributed by atoms with E-state index in [1.807, 2.05) is 12.1 Å². The Labute approximate surface area is 203 Å². The predicted octanol–water partition coefficient (Wildman–Crippen LogP) is 4.20. The molecule has 0 bridgehead atoms. The van der Waals surface area contributed by atoms with E-state index in [4.69, 9.17) is 4.74 Å². The summed E-state index contributed by atoms with van der Waals surface area (Å²) < 4.78 is 6.76. The zero-order valence-electron chi connectivity index (χ0n) is 20.1. The first-order valence-electron chi connectivity index (χ1n) is 11.5. The molecule has 35 heavy (non-hydrogen) atoms. The number of ether oxygens (including phenoxy) is 1. The number of ketones is 1. The summed E-state index contributed by atoms with van der Waals surface area (Å²) in [6.07, 6.45) is 1.26. The van der Waals surface area contributed by atoms with Gasteiger partial charge in [-0.05, 0) is 68.7 Å². The number of carbonyl (C=O) groups excluding carboxylic acids is 2. The fourth-order valence-electron chi connectivity index (χ4n) is 4.55. The Morgan fingerprint density at radius 2 is 1.63 bits per heavy atom. The number of nitro groups is 1. The molecular weight excluding hydrogens is 448 g/mol. The quantitative estimate of drug-likeness (QED) is 0.287. The second kappa shape index (κ2) is 10.1. The molecule has 1 aliphatic heterocycles. The Morgan fingerprint density at radius 1 is 1.03 bits per heavy atom. The number of aromatic nitrogens is 2. The van der Waals surface area contributed by atoms with Crippen molar-refractivity contribution in [2.45, 2.75) is 33.2 Å². The van der Waals surface area contributed by atoms with E-state index in [2.05, 4.69) is 5.10 Å². The van der Waals surface area contributed by atoms with Crippen LogP contribution in [0.3, 0.4) is 0 Å². The van der Waals surface area contributed by atoms with E-state index < -0.39 is 4.92 Å². The molecule has 0 N–H and O–H groups in total. The van der Waals surface area contributed by atoms with Gasteiger partial charge in [0.15, 0.2) is 5.78 Å². The summed E-state index contributed by atoms with van der Waals surface area (Å²) in [7, 11) is 1.59. The largest absolute Gasteiger partial charge is 0.497 e. The lowest BCUT2D eigenvalue weighted by atomic mass is 9.88. The minimum absolute atomic E-state index is 0.0330. The summed E-state index contributed by atoms with van der Waals surface area (Å²) in [6.45, 7) is 4.75. The van der Waals surface area contributed by atoms with E-state index in [1.165, 1.54) is 0 Å². The highest BCUT2D eigenvalue weighted by Crippen LogP contribution is 2.25. The van der Waals surface area contributed by atoms with Gasteiger partial charge in [-0.1, -0.05) is 12.1 Å². The number of amides is 1. The molecule has 1 fully saturated rings. The number of methoxy groups -OCH3 is 1. The first-order valence-corrected chi connectivity index (χ1v) is 11.5. The summed E-state index contributed by atoms with van der Waals surface area (Å²) in [5.74, 6) is 0.658. The zero-order valence-corrected chi connectivity index (χ0v) is 20.1. The third-order valence-corrected chi connectivity index (χ3v) is 6.59. The minimum atomic E-state index is -0.413. The average molecular weight is 477 g/mol. The van der Waals surface area contributed by atoms with E-state index in [0.29, 0.717) is 60.7 Å². The number of hydrogen-bond donors (Lipinski definition) is 0. The van der Waals surface area contributed by atoms with Gasteiger partial charge < -0.3 is 9.64 Å². The van der Waals surface area contributed by atoms with Gasteiger partial charge in [-0.2, -0.15) is 5.10 Å². The van der Waals surface area contributed by atoms with Gasteiger partial charge in [0.1, 0.15) is 17.1 Å². The molecule has 1 aromatic heterocycles. The van der Waals surface area contributed by atoms with Gasteiger partial charge in [0.25, 0.3) is 5.91 Å². The summed E-state index contributed by atoms with van der Waals surface area (Å²) in [4.78, 5) is 38.4. The Balaban J connectivity index is 1.35. The number of rotatable bonds is 7. The number of hydrogen-bond acceptors (Lipinski definition) is 6. The van der Waals surface area contributed by atoms with Crippen molar-refractivity contribution in [1.82, 2.24) is 14.7 Å². The summed E-state index contributed by atoms with van der Waals surface area (Å²) in [5.41, 5.74) is 3.05. The van der Waals surface area contributed by atoms with Crippen LogP contribution in [0.1, 0.15) is 50.5 Å². The van der Waals surface area contributed by atoms with Crippen LogP contribution < -0.4 is 4.74 Å². The van der Waals surface area contributed by atoms with Crippen LogP contribution in [-0.2, 0) is 6.54 Å². The van der Waals surface area contributed by atoms with E-state index in [0.717, 1.165) is 5.56 Å². The molecule has 182 valence electrons. The van der Waals surface area contributed by atoms with Crippen LogP contribution in [0.25, 0.3) is 0 Å². The second-order valence-corrected chi connectivity index (χ2v) is 8.79. The smallest absolute Gasteiger partial charge is 0.312 e. The number of piperidine rings is 1. The number of likely N-dealkylation sites (tertiary alicyclic amines) is 1. The molecule has 1 aliphatic rings. The molecule has 0 radical (unpaired) electrons. The van der Waals surface area contributed by atoms with Gasteiger partial charge >= 0.3 is 5.69 Å². The number of nitrogens with zero attached hydrogens (tertiary/aromatic N) is 4. The lowest BCUT2D eigenvalue weighted by molar-refractivity contribution is -0.386. The molecule has 0 aliphatic carbocycles. The molecule has 3 aromatic rings. The lowest BCUT2D eigenvalue weighted by Gasteiger charge is -2.31. The Bertz CT molecular complexity index is 1240. The third-order valence-electron chi connectivity index (χ3n) is 6.59. The number of carbonyl (C=O) groups is 2. The monoisotopic (exact) mass is 476 g/mol. The van der Waals surface area contributed by atoms with Crippen LogP contribution in [0.2, 0.25) is 0 Å². The van der Waals surface area contributed by atoms with Crippen molar-refractivity contribution < 1.29 is 19.2 Å². The molecule has 1 amide bonds. The van der Waals surface area contributed by atoms with Crippen molar-refractivity contribution >= 4 is 17.4 Å². The Kier molecular flexibility index (Phi) is 6.95. The molecular formula is C26H28N4O5. The van der Waals surface area contributed by atoms with Crippen molar-refractivity contribution in [2.24, 2.45) is 5.92 Å². The Morgan fingerprint density at radius 3 is 2.17 bits per heavy atom. The summed E-state index contributed by atoms with van der Waals surface area (Å²) in [5, 5.41) is 15.5. The van der Waals surface area contributed by atoms with Crippen LogP contribution in [0.15, 0.2) is 48.5 Å². The van der Waals surface area contributed by atoms with Crippen molar-refractivity contribution in [3.05, 3.63) is 86.7 Å². The molecule has 0 saturated carbocycles. The van der Waals surface area contributed by atoms with Crippen LogP contribution in [0, 0.1) is 29.9 Å². The fourth-order valence-corrected chi connectivity index (χ4v) is 4.55. The highest BCUT2D eigenvalue weighted by atomic mass is 16.6. The van der Waals surface area contributed by atoms with Crippen LogP contribution in [0.4, 0.5) is 5.69 Å². The molecule has 0 spiro atoms. The molecule has 2 heterocycles. The van der Waals surface area contributed by atoms with Crippen molar-refractivity contribution in [3.8, 4) is 5.75 Å². The van der Waals surface area contributed by atoms with Crippen molar-refractivity contribution in [2.75, 3.05) is 20.2 Å². The molecule has 0 atom stereocenters. The van der Waals surface area contributed by atoms with Gasteiger partial charge in [-0.15, -0.1) is 0 Å². The normalized spacial score (nSPS) is 14.1. The van der Waals surface area contributed by atoms with E-state index >= 15 is 0 Å². The first-order chi connectivity index (χ1) is 16.8. The molecule has 0 unspecified atom stereocenters. The molecule has 1 saturated heterocycles. The van der Waals surface area contributed by atoms with E-state index in [1.54, 1.807) is 66.9 Å². The standard InChI is InChI=1S/C26H28N4O5/c1-17-24(30(33)34)18(2)29(27-17)16-19-4-6-22(7-5-19)26(32)28-14-12-21(13-15-28)25(31)20-8-10-23(35-3)11-9-20/h4-11,21H,12-16H2,1-3H3. The molecule has 9 nitrogen and oxygen atoms in total. The average Bonchev–Trinajstić information content (AvgIpc) is 3.16. The number of benzene rings is 2. The molecule has 4 rings (SSSR count). The highest BCUT2D eigenvalue weighted by molar-refractivity contribution is 5.98. The topological polar surface area (TPSA) is 108 Å². The van der Waals surface area contributed by atoms with Gasteiger partial charge in [0.2, 0.25) is 0 Å². The Hall–Kier alpha value is -4.01. The zero-order chi connectivity index (χ0) is 25.1. The summed E-state index contributed by atoms with van der Waals surface area (Å²) >= 11 is 0. The van der Waals surface area contributed by atoms with Gasteiger partial charge in [-0.25, -0.2) is 0 Å². The second-order valence-electron chi connectivity index (χ2n) is 8.79. The van der Waals surface area contributed by atoms with Gasteiger partial charge in [0, 0.05) is 30.1 Å². The minimum Gasteiger partial charge on any atom is -0.497 e. The maximum atomic E-state index is 13.0. The maximum absolute atomic E-state index is 13.0. The highest BCUT2D eigenvalue weighted by Gasteiger charge is 2.28. The maximum Gasteiger partial charge on any atom is 0.312 e. The van der Waals surface area contributed by atoms with Crippen LogP contribution >= 0.6 is 0 Å². The first kappa shape index (κ1) is 24.1. The van der Waals surface area contributed by atoms with Gasteiger partial charge in [0.05, 0.1) is 18.6 Å². The SMILES string of the molecule is COc1ccc(C(=O)C2CCN(C(=O)c3ccc(Cn4nc(C)c([N+](=O)[O-])c4C)cc3)CC2)cc1. The van der Waals surface area contributed by atoms with E-state index in [9.17, 15) is 19.7 Å². The molecule has 9 heteroatoms. The van der Waals surface area contributed by atoms with Crippen molar-refractivity contribution in [1.29, 1.82) is 0 Å². The van der Waals surface area contributed by atoms with Crippen molar-refractivity contribution in [3.63, 3.8) is 0 Å². The third kappa shape index (κ3) is 5.08. The fraction of sp³-hybridized carbons (Fsp3) is 0.346. The molecule has 2 aromatic carbocycles. The van der Waals surface area contributed by atoms with E-state index in [-0.39, 0.29) is 23.3 Å². The van der Waals surface area contributed by atoms with Crippen LogP contribution in [-0.4, -0.2) is 51.5 Å². The number of aryl methyl sites for hydroxylation is 1. The number of Topliss-reactive ketones (excluding diaryl/α,β-unsaturated/α-hetero) is 1. The predicted molar refractivity (Wildman–Crippen MR) is 130 cm³/mol. The van der Waals surface area contributed by atoms with Gasteiger partial charge in [-0.3, -0.25) is 24.4 Å². The summed E-state index contributed by atoms with van der Waals surface area (Å²) in [6, 6.07) is 14.4. The van der Waals surface area contributed by atoms with Crippen LogP contribution in [0.5, 0.6) is 5.75 Å². The lowest BCUT2D eigenvalue weighted by Crippen LogP contribution is -2.40.